The largest absolute Gasteiger partial charge is 0.490 e. The molecular formula is C19H30N2O3. The Morgan fingerprint density at radius 2 is 2.12 bits per heavy atom. The Balaban J connectivity index is 2.03. The van der Waals surface area contributed by atoms with Crippen LogP contribution in [-0.2, 0) is 0 Å². The molecule has 5 heteroatoms. The van der Waals surface area contributed by atoms with Crippen molar-refractivity contribution in [3.05, 3.63) is 23.8 Å². The standard InChI is InChI=1S/C19H30N2O3/c1-4-6-11-24-17-8-7-15(13-18(17)23-5-2)19(22)21-16-9-10-20-14(3)12-16/h7-8,13-14,16,20H,4-6,9-12H2,1-3H3,(H,21,22). The van der Waals surface area contributed by atoms with Crippen LogP contribution in [0.1, 0.15) is 56.8 Å². The Hall–Kier alpha value is -1.75. The molecular weight excluding hydrogens is 304 g/mol. The van der Waals surface area contributed by atoms with E-state index in [0.717, 1.165) is 32.2 Å². The van der Waals surface area contributed by atoms with Crippen molar-refractivity contribution in [2.75, 3.05) is 19.8 Å². The molecule has 2 unspecified atom stereocenters. The smallest absolute Gasteiger partial charge is 0.251 e. The molecule has 1 aliphatic heterocycles. The van der Waals surface area contributed by atoms with E-state index in [-0.39, 0.29) is 11.9 Å². The first-order valence-corrected chi connectivity index (χ1v) is 9.07. The number of benzene rings is 1. The van der Waals surface area contributed by atoms with Gasteiger partial charge in [-0.2, -0.15) is 0 Å². The van der Waals surface area contributed by atoms with Gasteiger partial charge in [-0.05, 0) is 57.9 Å². The van der Waals surface area contributed by atoms with E-state index in [9.17, 15) is 4.79 Å². The molecule has 0 radical (unpaired) electrons. The Bertz CT molecular complexity index is 533. The van der Waals surface area contributed by atoms with Crippen molar-refractivity contribution in [2.24, 2.45) is 0 Å². The van der Waals surface area contributed by atoms with E-state index < -0.39 is 0 Å². The van der Waals surface area contributed by atoms with Gasteiger partial charge in [0.1, 0.15) is 0 Å². The molecule has 0 aromatic heterocycles. The minimum absolute atomic E-state index is 0.0461. The normalized spacial score (nSPS) is 20.5. The lowest BCUT2D eigenvalue weighted by molar-refractivity contribution is 0.0925. The third kappa shape index (κ3) is 5.41. The number of ether oxygens (including phenoxy) is 2. The number of amides is 1. The Morgan fingerprint density at radius 3 is 2.83 bits per heavy atom. The Kier molecular flexibility index (Phi) is 7.37. The third-order valence-electron chi connectivity index (χ3n) is 4.22. The molecule has 1 aromatic rings. The predicted octanol–water partition coefficient (Wildman–Crippen LogP) is 3.13. The highest BCUT2D eigenvalue weighted by molar-refractivity contribution is 5.95. The minimum atomic E-state index is -0.0461. The molecule has 0 spiro atoms. The quantitative estimate of drug-likeness (QED) is 0.717. The average Bonchev–Trinajstić information content (AvgIpc) is 2.56. The lowest BCUT2D eigenvalue weighted by Crippen LogP contribution is -2.46. The van der Waals surface area contributed by atoms with Crippen molar-refractivity contribution in [2.45, 2.75) is 58.5 Å². The summed E-state index contributed by atoms with van der Waals surface area (Å²) < 4.78 is 11.4. The summed E-state index contributed by atoms with van der Waals surface area (Å²) >= 11 is 0. The van der Waals surface area contributed by atoms with Gasteiger partial charge in [0.2, 0.25) is 0 Å². The lowest BCUT2D eigenvalue weighted by atomic mass is 10.0. The van der Waals surface area contributed by atoms with E-state index in [0.29, 0.717) is 36.3 Å². The second kappa shape index (κ2) is 9.52. The molecule has 1 amide bonds. The number of hydrogen-bond acceptors (Lipinski definition) is 4. The summed E-state index contributed by atoms with van der Waals surface area (Å²) in [5.41, 5.74) is 0.618. The van der Waals surface area contributed by atoms with Crippen LogP contribution in [0.2, 0.25) is 0 Å². The molecule has 5 nitrogen and oxygen atoms in total. The maximum atomic E-state index is 12.5. The van der Waals surface area contributed by atoms with E-state index in [1.807, 2.05) is 19.1 Å². The SMILES string of the molecule is CCCCOc1ccc(C(=O)NC2CCNC(C)C2)cc1OCC. The zero-order chi connectivity index (χ0) is 17.4. The van der Waals surface area contributed by atoms with Crippen LogP contribution in [0.25, 0.3) is 0 Å². The molecule has 134 valence electrons. The summed E-state index contributed by atoms with van der Waals surface area (Å²) in [6.07, 6.45) is 4.01. The Morgan fingerprint density at radius 1 is 1.29 bits per heavy atom. The monoisotopic (exact) mass is 334 g/mol. The van der Waals surface area contributed by atoms with Gasteiger partial charge in [0.25, 0.3) is 5.91 Å². The van der Waals surface area contributed by atoms with Crippen LogP contribution in [0.15, 0.2) is 18.2 Å². The minimum Gasteiger partial charge on any atom is -0.490 e. The van der Waals surface area contributed by atoms with Gasteiger partial charge in [-0.15, -0.1) is 0 Å². The highest BCUT2D eigenvalue weighted by Crippen LogP contribution is 2.29. The first-order chi connectivity index (χ1) is 11.6. The number of rotatable bonds is 8. The van der Waals surface area contributed by atoms with Crippen LogP contribution in [0, 0.1) is 0 Å². The van der Waals surface area contributed by atoms with Crippen molar-refractivity contribution < 1.29 is 14.3 Å². The van der Waals surface area contributed by atoms with Gasteiger partial charge in [0.15, 0.2) is 11.5 Å². The predicted molar refractivity (Wildman–Crippen MR) is 96.0 cm³/mol. The molecule has 1 aromatic carbocycles. The van der Waals surface area contributed by atoms with E-state index in [2.05, 4.69) is 24.5 Å². The summed E-state index contributed by atoms with van der Waals surface area (Å²) in [4.78, 5) is 12.5. The van der Waals surface area contributed by atoms with Crippen LogP contribution in [0.4, 0.5) is 0 Å². The fourth-order valence-corrected chi connectivity index (χ4v) is 2.90. The molecule has 0 saturated carbocycles. The van der Waals surface area contributed by atoms with Crippen LogP contribution >= 0.6 is 0 Å². The molecule has 0 bridgehead atoms. The maximum absolute atomic E-state index is 12.5. The van der Waals surface area contributed by atoms with Gasteiger partial charge in [-0.1, -0.05) is 13.3 Å². The summed E-state index contributed by atoms with van der Waals surface area (Å²) in [5.74, 6) is 1.30. The number of nitrogens with one attached hydrogen (secondary N) is 2. The molecule has 24 heavy (non-hydrogen) atoms. The van der Waals surface area contributed by atoms with Crippen molar-refractivity contribution in [1.29, 1.82) is 0 Å². The first kappa shape index (κ1) is 18.6. The number of unbranched alkanes of at least 4 members (excludes halogenated alkanes) is 1. The van der Waals surface area contributed by atoms with E-state index in [1.54, 1.807) is 6.07 Å². The first-order valence-electron chi connectivity index (χ1n) is 9.07. The third-order valence-corrected chi connectivity index (χ3v) is 4.22. The van der Waals surface area contributed by atoms with Crippen LogP contribution < -0.4 is 20.1 Å². The highest BCUT2D eigenvalue weighted by atomic mass is 16.5. The van der Waals surface area contributed by atoms with Crippen LogP contribution in [0.5, 0.6) is 11.5 Å². The second-order valence-electron chi connectivity index (χ2n) is 6.35. The number of carbonyl (C=O) groups is 1. The zero-order valence-electron chi connectivity index (χ0n) is 15.1. The van der Waals surface area contributed by atoms with Crippen LogP contribution in [-0.4, -0.2) is 37.7 Å². The second-order valence-corrected chi connectivity index (χ2v) is 6.35. The fraction of sp³-hybridized carbons (Fsp3) is 0.632. The molecule has 1 saturated heterocycles. The van der Waals surface area contributed by atoms with Gasteiger partial charge in [0.05, 0.1) is 13.2 Å². The fourth-order valence-electron chi connectivity index (χ4n) is 2.90. The van der Waals surface area contributed by atoms with Gasteiger partial charge >= 0.3 is 0 Å². The van der Waals surface area contributed by atoms with E-state index in [1.165, 1.54) is 0 Å². The van der Waals surface area contributed by atoms with Gasteiger partial charge in [0, 0.05) is 17.6 Å². The van der Waals surface area contributed by atoms with Gasteiger partial charge < -0.3 is 20.1 Å². The average molecular weight is 334 g/mol. The van der Waals surface area contributed by atoms with Crippen molar-refractivity contribution in [1.82, 2.24) is 10.6 Å². The number of carbonyl (C=O) groups excluding carboxylic acids is 1. The number of piperidine rings is 1. The van der Waals surface area contributed by atoms with Crippen molar-refractivity contribution >= 4 is 5.91 Å². The molecule has 1 heterocycles. The van der Waals surface area contributed by atoms with Crippen molar-refractivity contribution in [3.8, 4) is 11.5 Å². The molecule has 2 rings (SSSR count). The number of hydrogen-bond donors (Lipinski definition) is 2. The molecule has 0 aliphatic carbocycles. The summed E-state index contributed by atoms with van der Waals surface area (Å²) in [5, 5.41) is 6.53. The van der Waals surface area contributed by atoms with E-state index in [4.69, 9.17) is 9.47 Å². The summed E-state index contributed by atoms with van der Waals surface area (Å²) in [6.45, 7) is 8.35. The lowest BCUT2D eigenvalue weighted by Gasteiger charge is -2.28. The van der Waals surface area contributed by atoms with Gasteiger partial charge in [-0.25, -0.2) is 0 Å². The van der Waals surface area contributed by atoms with Crippen molar-refractivity contribution in [3.63, 3.8) is 0 Å². The Labute approximate surface area is 145 Å². The molecule has 1 aliphatic rings. The maximum Gasteiger partial charge on any atom is 0.251 e. The summed E-state index contributed by atoms with van der Waals surface area (Å²) in [6, 6.07) is 6.09. The zero-order valence-corrected chi connectivity index (χ0v) is 15.1. The van der Waals surface area contributed by atoms with Gasteiger partial charge in [-0.3, -0.25) is 4.79 Å². The topological polar surface area (TPSA) is 59.6 Å². The molecule has 2 atom stereocenters. The molecule has 2 N–H and O–H groups in total. The van der Waals surface area contributed by atoms with Crippen LogP contribution in [0.3, 0.4) is 0 Å². The van der Waals surface area contributed by atoms with E-state index >= 15 is 0 Å². The summed E-state index contributed by atoms with van der Waals surface area (Å²) in [7, 11) is 0. The highest BCUT2D eigenvalue weighted by Gasteiger charge is 2.21. The molecule has 1 fully saturated rings.